The van der Waals surface area contributed by atoms with Gasteiger partial charge in [-0.1, -0.05) is 12.1 Å². The van der Waals surface area contributed by atoms with Gasteiger partial charge >= 0.3 is 0 Å². The van der Waals surface area contributed by atoms with Gasteiger partial charge in [-0.05, 0) is 41.8 Å². The molecule has 2 aromatic heterocycles. The molecule has 4 rings (SSSR count). The summed E-state index contributed by atoms with van der Waals surface area (Å²) in [5, 5.41) is 4.04. The van der Waals surface area contributed by atoms with Crippen LogP contribution in [0.1, 0.15) is 15.2 Å². The van der Waals surface area contributed by atoms with Crippen LogP contribution in [0.3, 0.4) is 0 Å². The van der Waals surface area contributed by atoms with Crippen LogP contribution in [-0.2, 0) is 6.54 Å². The van der Waals surface area contributed by atoms with Crippen molar-refractivity contribution >= 4 is 38.2 Å². The number of rotatable bonds is 3. The molecule has 4 aromatic rings. The van der Waals surface area contributed by atoms with Gasteiger partial charge in [0.05, 0.1) is 6.54 Å². The summed E-state index contributed by atoms with van der Waals surface area (Å²) in [6.45, 7) is 0.284. The average molecular weight is 352 g/mol. The number of halogens is 1. The second-order valence-electron chi connectivity index (χ2n) is 5.65. The van der Waals surface area contributed by atoms with Crippen molar-refractivity contribution in [2.75, 3.05) is 0 Å². The normalized spacial score (nSPS) is 11.1. The van der Waals surface area contributed by atoms with Crippen molar-refractivity contribution in [2.24, 2.45) is 0 Å². The summed E-state index contributed by atoms with van der Waals surface area (Å²) >= 11 is 1.48. The van der Waals surface area contributed by atoms with Crippen LogP contribution in [0.15, 0.2) is 59.5 Å². The van der Waals surface area contributed by atoms with Gasteiger partial charge in [-0.25, -0.2) is 4.39 Å². The Labute approximate surface area is 145 Å². The molecule has 0 saturated carbocycles. The van der Waals surface area contributed by atoms with Gasteiger partial charge in [0.1, 0.15) is 11.4 Å². The fraction of sp³-hybridized carbons (Fsp3) is 0.0526. The second-order valence-corrected chi connectivity index (χ2v) is 6.82. The number of carbonyl (C=O) groups excluding carboxylic acids is 1. The molecular weight excluding hydrogens is 339 g/mol. The molecule has 0 aliphatic carbocycles. The van der Waals surface area contributed by atoms with Gasteiger partial charge in [0.2, 0.25) is 5.43 Å². The number of benzene rings is 2. The first-order valence-electron chi connectivity index (χ1n) is 7.68. The Morgan fingerprint density at radius 3 is 2.88 bits per heavy atom. The van der Waals surface area contributed by atoms with Crippen LogP contribution in [0.5, 0.6) is 0 Å². The number of thiophene rings is 1. The minimum Gasteiger partial charge on any atom is -0.360 e. The maximum Gasteiger partial charge on any atom is 0.257 e. The highest BCUT2D eigenvalue weighted by Gasteiger charge is 2.13. The van der Waals surface area contributed by atoms with Gasteiger partial charge in [0.15, 0.2) is 0 Å². The Kier molecular flexibility index (Phi) is 3.82. The van der Waals surface area contributed by atoms with E-state index in [0.717, 1.165) is 15.0 Å². The van der Waals surface area contributed by atoms with Crippen LogP contribution in [-0.4, -0.2) is 10.9 Å². The number of H-pyrrole nitrogens is 1. The van der Waals surface area contributed by atoms with Crippen LogP contribution in [0.25, 0.3) is 21.0 Å². The minimum atomic E-state index is -0.435. The monoisotopic (exact) mass is 352 g/mol. The first kappa shape index (κ1) is 15.5. The molecule has 0 radical (unpaired) electrons. The summed E-state index contributed by atoms with van der Waals surface area (Å²) in [6, 6.07) is 13.5. The lowest BCUT2D eigenvalue weighted by Crippen LogP contribution is -2.28. The molecule has 0 saturated heterocycles. The predicted octanol–water partition coefficient (Wildman–Crippen LogP) is 3.81. The molecule has 2 aromatic carbocycles. The first-order valence-corrected chi connectivity index (χ1v) is 8.50. The van der Waals surface area contributed by atoms with E-state index < -0.39 is 5.91 Å². The van der Waals surface area contributed by atoms with E-state index in [4.69, 9.17) is 0 Å². The van der Waals surface area contributed by atoms with Crippen LogP contribution >= 0.6 is 11.3 Å². The van der Waals surface area contributed by atoms with Crippen molar-refractivity contribution in [1.82, 2.24) is 10.3 Å². The maximum absolute atomic E-state index is 13.3. The fourth-order valence-corrected chi connectivity index (χ4v) is 3.74. The lowest BCUT2D eigenvalue weighted by molar-refractivity contribution is 0.0950. The van der Waals surface area contributed by atoms with Gasteiger partial charge in [-0.15, -0.1) is 11.3 Å². The fourth-order valence-electron chi connectivity index (χ4n) is 2.76. The van der Waals surface area contributed by atoms with Crippen LogP contribution < -0.4 is 10.7 Å². The largest absolute Gasteiger partial charge is 0.360 e. The number of amides is 1. The molecule has 1 amide bonds. The highest BCUT2D eigenvalue weighted by atomic mass is 32.1. The predicted molar refractivity (Wildman–Crippen MR) is 97.5 cm³/mol. The number of nitrogens with one attached hydrogen (secondary N) is 2. The molecule has 2 heterocycles. The van der Waals surface area contributed by atoms with E-state index in [-0.39, 0.29) is 23.4 Å². The minimum absolute atomic E-state index is 0.0749. The van der Waals surface area contributed by atoms with E-state index in [0.29, 0.717) is 10.9 Å². The molecule has 0 aliphatic heterocycles. The third-order valence-corrected chi connectivity index (χ3v) is 5.10. The standard InChI is InChI=1S/C19H13FN2O2S/c20-12-5-6-17-11(7-12)8-13(25-17)9-22-19(24)15-10-21-16-4-2-1-3-14(16)18(15)23/h1-8,10H,9H2,(H,21,23)(H,22,24). The number of hydrogen-bond donors (Lipinski definition) is 2. The van der Waals surface area contributed by atoms with Crippen molar-refractivity contribution in [2.45, 2.75) is 6.54 Å². The third-order valence-electron chi connectivity index (χ3n) is 3.99. The van der Waals surface area contributed by atoms with Gasteiger partial charge in [0.25, 0.3) is 5.91 Å². The Bertz CT molecular complexity index is 1160. The van der Waals surface area contributed by atoms with E-state index in [1.54, 1.807) is 24.3 Å². The smallest absolute Gasteiger partial charge is 0.257 e. The SMILES string of the molecule is O=C(NCc1cc2cc(F)ccc2s1)c1c[nH]c2ccccc2c1=O. The van der Waals surface area contributed by atoms with Gasteiger partial charge in [-0.3, -0.25) is 9.59 Å². The zero-order chi connectivity index (χ0) is 17.4. The molecule has 2 N–H and O–H groups in total. The zero-order valence-electron chi connectivity index (χ0n) is 13.0. The lowest BCUT2D eigenvalue weighted by Gasteiger charge is -2.04. The summed E-state index contributed by atoms with van der Waals surface area (Å²) < 4.78 is 14.2. The number of pyridine rings is 1. The molecule has 0 bridgehead atoms. The number of para-hydroxylation sites is 1. The molecule has 124 valence electrons. The van der Waals surface area contributed by atoms with Gasteiger partial charge in [-0.2, -0.15) is 0 Å². The second kappa shape index (κ2) is 6.14. The summed E-state index contributed by atoms with van der Waals surface area (Å²) in [4.78, 5) is 28.7. The van der Waals surface area contributed by atoms with E-state index in [1.165, 1.54) is 29.7 Å². The first-order chi connectivity index (χ1) is 12.1. The quantitative estimate of drug-likeness (QED) is 0.589. The van der Waals surface area contributed by atoms with E-state index in [1.807, 2.05) is 12.1 Å². The molecule has 0 fully saturated rings. The van der Waals surface area contributed by atoms with E-state index in [9.17, 15) is 14.0 Å². The van der Waals surface area contributed by atoms with E-state index >= 15 is 0 Å². The van der Waals surface area contributed by atoms with Gasteiger partial charge in [0, 0.05) is 26.7 Å². The summed E-state index contributed by atoms with van der Waals surface area (Å²) in [5.41, 5.74) is 0.465. The highest BCUT2D eigenvalue weighted by Crippen LogP contribution is 2.26. The van der Waals surface area contributed by atoms with Crippen molar-refractivity contribution in [3.05, 3.63) is 81.2 Å². The Morgan fingerprint density at radius 1 is 1.16 bits per heavy atom. The lowest BCUT2D eigenvalue weighted by atomic mass is 10.1. The van der Waals surface area contributed by atoms with Crippen molar-refractivity contribution in [1.29, 1.82) is 0 Å². The van der Waals surface area contributed by atoms with Crippen LogP contribution in [0.2, 0.25) is 0 Å². The summed E-state index contributed by atoms with van der Waals surface area (Å²) in [6.07, 6.45) is 1.43. The molecule has 6 heteroatoms. The topological polar surface area (TPSA) is 62.0 Å². The van der Waals surface area contributed by atoms with Gasteiger partial charge < -0.3 is 10.3 Å². The molecule has 0 aliphatic rings. The molecule has 0 spiro atoms. The summed E-state index contributed by atoms with van der Waals surface area (Å²) in [5.74, 6) is -0.723. The number of fused-ring (bicyclic) bond motifs is 2. The molecule has 0 unspecified atom stereocenters. The molecule has 0 atom stereocenters. The Morgan fingerprint density at radius 2 is 2.00 bits per heavy atom. The molecule has 25 heavy (non-hydrogen) atoms. The number of carbonyl (C=O) groups is 1. The number of hydrogen-bond acceptors (Lipinski definition) is 3. The maximum atomic E-state index is 13.3. The van der Waals surface area contributed by atoms with Crippen LogP contribution in [0, 0.1) is 5.82 Å². The number of aromatic amines is 1. The van der Waals surface area contributed by atoms with Crippen molar-refractivity contribution < 1.29 is 9.18 Å². The number of aromatic nitrogens is 1. The average Bonchev–Trinajstić information content (AvgIpc) is 3.02. The Hall–Kier alpha value is -2.99. The third kappa shape index (κ3) is 2.92. The molecular formula is C19H13FN2O2S. The van der Waals surface area contributed by atoms with Crippen molar-refractivity contribution in [3.8, 4) is 0 Å². The Balaban J connectivity index is 1.57. The summed E-state index contributed by atoms with van der Waals surface area (Å²) in [7, 11) is 0. The van der Waals surface area contributed by atoms with E-state index in [2.05, 4.69) is 10.3 Å². The zero-order valence-corrected chi connectivity index (χ0v) is 13.8. The molecule has 4 nitrogen and oxygen atoms in total. The van der Waals surface area contributed by atoms with Crippen LogP contribution in [0.4, 0.5) is 4.39 Å². The highest BCUT2D eigenvalue weighted by molar-refractivity contribution is 7.19. The van der Waals surface area contributed by atoms with Crippen molar-refractivity contribution in [3.63, 3.8) is 0 Å².